The first-order valence-corrected chi connectivity index (χ1v) is 15.7. The molecule has 1 aliphatic heterocycles. The number of nitrogens with zero attached hydrogens (tertiary/aromatic N) is 4. The molecule has 2 heterocycles. The number of aromatic nitrogens is 2. The van der Waals surface area contributed by atoms with Crippen molar-refractivity contribution in [2.24, 2.45) is 5.73 Å². The summed E-state index contributed by atoms with van der Waals surface area (Å²) in [5.41, 5.74) is 9.43. The monoisotopic (exact) mass is 647 g/mol. The van der Waals surface area contributed by atoms with Gasteiger partial charge in [-0.15, -0.1) is 0 Å². The van der Waals surface area contributed by atoms with Crippen LogP contribution in [0.2, 0.25) is 0 Å². The molecule has 1 fully saturated rings. The largest absolute Gasteiger partial charge is 0.478 e. The van der Waals surface area contributed by atoms with Crippen LogP contribution in [0.5, 0.6) is 0 Å². The predicted molar refractivity (Wildman–Crippen MR) is 184 cm³/mol. The average Bonchev–Trinajstić information content (AvgIpc) is 3.45. The molecule has 12 heteroatoms. The number of urea groups is 1. The minimum absolute atomic E-state index is 0.0102. The second-order valence-corrected chi connectivity index (χ2v) is 12.2. The van der Waals surface area contributed by atoms with E-state index in [-0.39, 0.29) is 23.9 Å². The fourth-order valence-corrected chi connectivity index (χ4v) is 5.93. The number of anilines is 1. The molecule has 1 aliphatic rings. The Morgan fingerprint density at radius 2 is 1.62 bits per heavy atom. The van der Waals surface area contributed by atoms with Gasteiger partial charge in [-0.2, -0.15) is 0 Å². The van der Waals surface area contributed by atoms with E-state index in [0.717, 1.165) is 21.9 Å². The Labute approximate surface area is 277 Å². The van der Waals surface area contributed by atoms with Crippen LogP contribution in [-0.4, -0.2) is 74.6 Å². The number of imidazole rings is 1. The van der Waals surface area contributed by atoms with Crippen LogP contribution < -0.4 is 11.1 Å². The molecule has 48 heavy (non-hydrogen) atoms. The van der Waals surface area contributed by atoms with E-state index < -0.39 is 18.1 Å². The first-order valence-electron chi connectivity index (χ1n) is 15.7. The third-order valence-electron chi connectivity index (χ3n) is 8.47. The molecule has 5 aromatic rings. The number of rotatable bonds is 8. The van der Waals surface area contributed by atoms with Crippen molar-refractivity contribution in [3.05, 3.63) is 107 Å². The standard InChI is InChI=1S/C36H37N7O5/c1-22(2)33-40-31-29(34(44)45)18-28(19-30(31)43(33)20-24-8-9-25-10-11-26(32(37)38)17-27(25)16-24)39-35(46)41-12-14-42(15-13-41)36(47)48-21-23-6-4-3-5-7-23/h3-11,16-19,22H,12-15,20-21H2,1-2H3,(H3,37,38)(H,39,46)(H,44,45). The predicted octanol–water partition coefficient (Wildman–Crippen LogP) is 5.83. The van der Waals surface area contributed by atoms with Crippen molar-refractivity contribution >= 4 is 51.4 Å². The molecule has 246 valence electrons. The molecule has 0 aliphatic carbocycles. The van der Waals surface area contributed by atoms with Gasteiger partial charge in [-0.1, -0.05) is 68.4 Å². The molecule has 0 bridgehead atoms. The summed E-state index contributed by atoms with van der Waals surface area (Å²) in [7, 11) is 0. The number of carbonyl (C=O) groups excluding carboxylic acids is 2. The van der Waals surface area contributed by atoms with Crippen molar-refractivity contribution in [3.63, 3.8) is 0 Å². The third kappa shape index (κ3) is 6.77. The number of carbonyl (C=O) groups is 3. The van der Waals surface area contributed by atoms with Gasteiger partial charge in [0.2, 0.25) is 0 Å². The molecule has 0 radical (unpaired) electrons. The van der Waals surface area contributed by atoms with Crippen LogP contribution in [0.1, 0.15) is 52.6 Å². The number of ether oxygens (including phenoxy) is 1. The van der Waals surface area contributed by atoms with E-state index in [1.165, 1.54) is 6.07 Å². The van der Waals surface area contributed by atoms with Gasteiger partial charge in [0.25, 0.3) is 0 Å². The zero-order valence-electron chi connectivity index (χ0n) is 26.8. The summed E-state index contributed by atoms with van der Waals surface area (Å²) in [5.74, 6) is -0.466. The normalized spacial score (nSPS) is 13.2. The number of carboxylic acids is 1. The Kier molecular flexibility index (Phi) is 8.98. The van der Waals surface area contributed by atoms with Gasteiger partial charge in [0.05, 0.1) is 11.1 Å². The molecular weight excluding hydrogens is 610 g/mol. The smallest absolute Gasteiger partial charge is 0.410 e. The van der Waals surface area contributed by atoms with E-state index in [1.807, 2.05) is 85.1 Å². The quantitative estimate of drug-likeness (QED) is 0.121. The molecular formula is C36H37N7O5. The van der Waals surface area contributed by atoms with Crippen LogP contribution in [-0.2, 0) is 17.9 Å². The number of hydrogen-bond acceptors (Lipinski definition) is 6. The lowest BCUT2D eigenvalue weighted by Crippen LogP contribution is -2.51. The minimum atomic E-state index is -1.15. The molecule has 1 saturated heterocycles. The SMILES string of the molecule is CC(C)c1nc2c(C(=O)O)cc(NC(=O)N3CCN(C(=O)OCc4ccccc4)CC3)cc2n1Cc1ccc2ccc(C(=N)N)cc2c1. The van der Waals surface area contributed by atoms with Crippen LogP contribution in [0, 0.1) is 5.41 Å². The highest BCUT2D eigenvalue weighted by atomic mass is 16.6. The second kappa shape index (κ2) is 13.4. The zero-order valence-corrected chi connectivity index (χ0v) is 26.8. The van der Waals surface area contributed by atoms with Crippen molar-refractivity contribution in [1.29, 1.82) is 5.41 Å². The highest BCUT2D eigenvalue weighted by Gasteiger charge is 2.26. The Morgan fingerprint density at radius 3 is 2.31 bits per heavy atom. The Morgan fingerprint density at radius 1 is 0.917 bits per heavy atom. The number of carboxylic acid groups (broad SMARTS) is 1. The van der Waals surface area contributed by atoms with E-state index >= 15 is 0 Å². The van der Waals surface area contributed by atoms with Gasteiger partial charge in [0, 0.05) is 49.9 Å². The lowest BCUT2D eigenvalue weighted by molar-refractivity contribution is 0.0698. The number of benzene rings is 4. The van der Waals surface area contributed by atoms with E-state index in [9.17, 15) is 19.5 Å². The maximum Gasteiger partial charge on any atom is 0.410 e. The maximum absolute atomic E-state index is 13.3. The lowest BCUT2D eigenvalue weighted by Gasteiger charge is -2.34. The van der Waals surface area contributed by atoms with Gasteiger partial charge < -0.3 is 35.3 Å². The molecule has 0 atom stereocenters. The Balaban J connectivity index is 1.22. The van der Waals surface area contributed by atoms with E-state index in [2.05, 4.69) is 5.32 Å². The molecule has 1 aromatic heterocycles. The summed E-state index contributed by atoms with van der Waals surface area (Å²) in [5, 5.41) is 22.8. The van der Waals surface area contributed by atoms with E-state index in [0.29, 0.717) is 60.8 Å². The van der Waals surface area contributed by atoms with Crippen molar-refractivity contribution in [1.82, 2.24) is 19.4 Å². The fourth-order valence-electron chi connectivity index (χ4n) is 5.93. The average molecular weight is 648 g/mol. The van der Waals surface area contributed by atoms with Gasteiger partial charge in [0.1, 0.15) is 23.8 Å². The number of nitrogen functional groups attached to an aromatic ring is 1. The van der Waals surface area contributed by atoms with Crippen LogP contribution >= 0.6 is 0 Å². The summed E-state index contributed by atoms with van der Waals surface area (Å²) in [6.45, 7) is 5.78. The number of amides is 3. The van der Waals surface area contributed by atoms with Gasteiger partial charge in [0.15, 0.2) is 0 Å². The number of piperazine rings is 1. The summed E-state index contributed by atoms with van der Waals surface area (Å²) in [6, 6.07) is 23.9. The van der Waals surface area contributed by atoms with Crippen LogP contribution in [0.3, 0.4) is 0 Å². The molecule has 6 rings (SSSR count). The zero-order chi connectivity index (χ0) is 33.9. The molecule has 0 saturated carbocycles. The van der Waals surface area contributed by atoms with Gasteiger partial charge >= 0.3 is 18.1 Å². The lowest BCUT2D eigenvalue weighted by atomic mass is 10.0. The second-order valence-electron chi connectivity index (χ2n) is 12.2. The van der Waals surface area contributed by atoms with E-state index in [1.54, 1.807) is 15.9 Å². The van der Waals surface area contributed by atoms with Gasteiger partial charge in [-0.3, -0.25) is 5.41 Å². The Hall–Kier alpha value is -5.91. The number of aromatic carboxylic acids is 1. The van der Waals surface area contributed by atoms with Crippen molar-refractivity contribution < 1.29 is 24.2 Å². The van der Waals surface area contributed by atoms with Crippen LogP contribution in [0.4, 0.5) is 15.3 Å². The molecule has 0 unspecified atom stereocenters. The first kappa shape index (κ1) is 32.0. The summed E-state index contributed by atoms with van der Waals surface area (Å²) < 4.78 is 7.42. The highest BCUT2D eigenvalue weighted by molar-refractivity contribution is 6.04. The minimum Gasteiger partial charge on any atom is -0.478 e. The molecule has 5 N–H and O–H groups in total. The number of hydrogen-bond donors (Lipinski definition) is 4. The third-order valence-corrected chi connectivity index (χ3v) is 8.47. The van der Waals surface area contributed by atoms with E-state index in [4.69, 9.17) is 20.9 Å². The fraction of sp³-hybridized carbons (Fsp3) is 0.250. The van der Waals surface area contributed by atoms with Crippen LogP contribution in [0.15, 0.2) is 78.9 Å². The maximum atomic E-state index is 13.3. The molecule has 4 aromatic carbocycles. The Bertz CT molecular complexity index is 2030. The van der Waals surface area contributed by atoms with Crippen molar-refractivity contribution in [2.45, 2.75) is 32.9 Å². The summed E-state index contributed by atoms with van der Waals surface area (Å²) in [6.07, 6.45) is -0.435. The van der Waals surface area contributed by atoms with Crippen LogP contribution in [0.25, 0.3) is 21.8 Å². The summed E-state index contributed by atoms with van der Waals surface area (Å²) >= 11 is 0. The topological polar surface area (TPSA) is 167 Å². The number of nitrogens with two attached hydrogens (primary N) is 1. The highest BCUT2D eigenvalue weighted by Crippen LogP contribution is 2.30. The number of fused-ring (bicyclic) bond motifs is 2. The van der Waals surface area contributed by atoms with Crippen molar-refractivity contribution in [3.8, 4) is 0 Å². The van der Waals surface area contributed by atoms with Crippen molar-refractivity contribution in [2.75, 3.05) is 31.5 Å². The molecule has 0 spiro atoms. The molecule has 3 amide bonds. The molecule has 12 nitrogen and oxygen atoms in total. The first-order chi connectivity index (χ1) is 23.1. The number of nitrogens with one attached hydrogen (secondary N) is 2. The van der Waals surface area contributed by atoms with Gasteiger partial charge in [-0.05, 0) is 46.2 Å². The van der Waals surface area contributed by atoms with Gasteiger partial charge in [-0.25, -0.2) is 19.4 Å². The summed E-state index contributed by atoms with van der Waals surface area (Å²) in [4.78, 5) is 46.3. The number of amidine groups is 1.